The van der Waals surface area contributed by atoms with Crippen LogP contribution in [-0.4, -0.2) is 56.2 Å². The largest absolute Gasteiger partial charge is 0.455 e. The summed E-state index contributed by atoms with van der Waals surface area (Å²) in [6.07, 6.45) is 3.42. The average Bonchev–Trinajstić information content (AvgIpc) is 2.98. The molecule has 26 heavy (non-hydrogen) atoms. The monoisotopic (exact) mass is 380 g/mol. The average molecular weight is 380 g/mol. The molecule has 2 aliphatic rings. The van der Waals surface area contributed by atoms with Crippen LogP contribution in [-0.2, 0) is 25.8 Å². The fourth-order valence-corrected chi connectivity index (χ4v) is 4.21. The highest BCUT2D eigenvalue weighted by Crippen LogP contribution is 2.41. The summed E-state index contributed by atoms with van der Waals surface area (Å²) in [5.41, 5.74) is 0.612. The smallest absolute Gasteiger partial charge is 0.355 e. The summed E-state index contributed by atoms with van der Waals surface area (Å²) in [5, 5.41) is 3.00. The summed E-state index contributed by atoms with van der Waals surface area (Å²) in [4.78, 5) is 31.1. The zero-order valence-electron chi connectivity index (χ0n) is 15.6. The van der Waals surface area contributed by atoms with Gasteiger partial charge >= 0.3 is 5.97 Å². The Balaban J connectivity index is 1.76. The summed E-state index contributed by atoms with van der Waals surface area (Å²) in [6, 6.07) is -0.441. The molecule has 0 saturated carbocycles. The second kappa shape index (κ2) is 6.96. The zero-order chi connectivity index (χ0) is 19.1. The van der Waals surface area contributed by atoms with Gasteiger partial charge in [-0.2, -0.15) is 0 Å². The highest BCUT2D eigenvalue weighted by Gasteiger charge is 2.54. The molecule has 2 atom stereocenters. The quantitative estimate of drug-likeness (QED) is 0.616. The van der Waals surface area contributed by atoms with Crippen LogP contribution in [0, 0.1) is 0 Å². The number of rotatable bonds is 5. The predicted octanol–water partition coefficient (Wildman–Crippen LogP) is 1.80. The number of carbonyl (C=O) groups is 2. The molecule has 8 nitrogen and oxygen atoms in total. The molecule has 9 heteroatoms. The van der Waals surface area contributed by atoms with E-state index < -0.39 is 17.6 Å². The van der Waals surface area contributed by atoms with Crippen molar-refractivity contribution in [1.82, 2.24) is 14.5 Å². The standard InChI is InChI=1S/C17H24N4O4S/c1-10-8-26-14-11(19-16-18-6-7-20(16)9-24-5)13(22)21(14)12(10)15(23)25-17(2,3)4/h6-7,11,14H,8-9H2,1-5H3,(H,18,19)/t11?,14-/m1/s1. The van der Waals surface area contributed by atoms with E-state index in [0.29, 0.717) is 24.1 Å². The maximum absolute atomic E-state index is 12.8. The van der Waals surface area contributed by atoms with Gasteiger partial charge in [-0.05, 0) is 33.3 Å². The van der Waals surface area contributed by atoms with Gasteiger partial charge in [-0.3, -0.25) is 14.3 Å². The fraction of sp³-hybridized carbons (Fsp3) is 0.588. The van der Waals surface area contributed by atoms with Crippen LogP contribution in [0.2, 0.25) is 0 Å². The van der Waals surface area contributed by atoms with Crippen molar-refractivity contribution in [3.05, 3.63) is 23.7 Å². The van der Waals surface area contributed by atoms with Crippen molar-refractivity contribution < 1.29 is 19.1 Å². The maximum Gasteiger partial charge on any atom is 0.355 e. The molecule has 1 amide bonds. The number of fused-ring (bicyclic) bond motifs is 1. The number of nitrogens with one attached hydrogen (secondary N) is 1. The van der Waals surface area contributed by atoms with E-state index >= 15 is 0 Å². The van der Waals surface area contributed by atoms with Crippen LogP contribution in [0.15, 0.2) is 23.7 Å². The molecule has 0 aromatic carbocycles. The first-order valence-corrected chi connectivity index (χ1v) is 9.42. The maximum atomic E-state index is 12.8. The Kier molecular flexibility index (Phi) is 5.03. The Hall–Kier alpha value is -2.00. The number of methoxy groups -OCH3 is 1. The van der Waals surface area contributed by atoms with Crippen molar-refractivity contribution in [2.45, 2.75) is 51.4 Å². The minimum Gasteiger partial charge on any atom is -0.455 e. The van der Waals surface area contributed by atoms with Gasteiger partial charge in [0.2, 0.25) is 5.95 Å². The van der Waals surface area contributed by atoms with Crippen LogP contribution in [0.25, 0.3) is 0 Å². The van der Waals surface area contributed by atoms with Gasteiger partial charge in [0.1, 0.15) is 29.4 Å². The Labute approximate surface area is 156 Å². The number of hydrogen-bond acceptors (Lipinski definition) is 7. The van der Waals surface area contributed by atoms with Gasteiger partial charge in [-0.15, -0.1) is 11.8 Å². The third kappa shape index (κ3) is 3.45. The van der Waals surface area contributed by atoms with Gasteiger partial charge in [0.05, 0.1) is 0 Å². The zero-order valence-corrected chi connectivity index (χ0v) is 16.4. The number of carbonyl (C=O) groups excluding carboxylic acids is 2. The van der Waals surface area contributed by atoms with E-state index in [4.69, 9.17) is 9.47 Å². The fourth-order valence-electron chi connectivity index (χ4n) is 2.92. The first-order chi connectivity index (χ1) is 12.2. The van der Waals surface area contributed by atoms with Gasteiger partial charge in [0.25, 0.3) is 5.91 Å². The van der Waals surface area contributed by atoms with Gasteiger partial charge < -0.3 is 14.8 Å². The second-order valence-electron chi connectivity index (χ2n) is 7.30. The van der Waals surface area contributed by atoms with Crippen molar-refractivity contribution in [2.24, 2.45) is 0 Å². The van der Waals surface area contributed by atoms with Gasteiger partial charge in [0.15, 0.2) is 0 Å². The molecule has 3 rings (SSSR count). The van der Waals surface area contributed by atoms with Crippen molar-refractivity contribution in [3.8, 4) is 0 Å². The third-order valence-electron chi connectivity index (χ3n) is 4.02. The number of aromatic nitrogens is 2. The molecule has 1 N–H and O–H groups in total. The molecule has 142 valence electrons. The number of hydrogen-bond donors (Lipinski definition) is 1. The van der Waals surface area contributed by atoms with Crippen LogP contribution in [0.5, 0.6) is 0 Å². The van der Waals surface area contributed by atoms with Crippen molar-refractivity contribution >= 4 is 29.6 Å². The first kappa shape index (κ1) is 18.8. The molecule has 2 aliphatic heterocycles. The lowest BCUT2D eigenvalue weighted by Crippen LogP contribution is -2.68. The van der Waals surface area contributed by atoms with Crippen molar-refractivity contribution in [3.63, 3.8) is 0 Å². The van der Waals surface area contributed by atoms with E-state index in [1.165, 1.54) is 0 Å². The number of β-lactam (4-membered cyclic amide) rings is 1. The molecular weight excluding hydrogens is 356 g/mol. The minimum atomic E-state index is -0.610. The van der Waals surface area contributed by atoms with Gasteiger partial charge in [-0.25, -0.2) is 9.78 Å². The van der Waals surface area contributed by atoms with Crippen LogP contribution in [0.1, 0.15) is 27.7 Å². The Morgan fingerprint density at radius 3 is 2.85 bits per heavy atom. The lowest BCUT2D eigenvalue weighted by atomic mass is 10.0. The Bertz CT molecular complexity index is 752. The Morgan fingerprint density at radius 2 is 2.19 bits per heavy atom. The van der Waals surface area contributed by atoms with Gasteiger partial charge in [0, 0.05) is 25.3 Å². The van der Waals surface area contributed by atoms with Crippen molar-refractivity contribution in [2.75, 3.05) is 18.2 Å². The summed E-state index contributed by atoms with van der Waals surface area (Å²) < 4.78 is 12.4. The predicted molar refractivity (Wildman–Crippen MR) is 98.3 cm³/mol. The number of nitrogens with zero attached hydrogens (tertiary/aromatic N) is 3. The van der Waals surface area contributed by atoms with E-state index in [-0.39, 0.29) is 11.3 Å². The summed E-state index contributed by atoms with van der Waals surface area (Å²) in [7, 11) is 1.59. The lowest BCUT2D eigenvalue weighted by Gasteiger charge is -2.49. The highest BCUT2D eigenvalue weighted by molar-refractivity contribution is 8.00. The number of anilines is 1. The molecule has 3 heterocycles. The van der Waals surface area contributed by atoms with Crippen LogP contribution < -0.4 is 5.32 Å². The van der Waals surface area contributed by atoms with E-state index in [1.54, 1.807) is 40.7 Å². The van der Waals surface area contributed by atoms with Crippen LogP contribution in [0.3, 0.4) is 0 Å². The molecule has 1 aromatic rings. The molecule has 1 unspecified atom stereocenters. The topological polar surface area (TPSA) is 85.7 Å². The molecule has 1 fully saturated rings. The Morgan fingerprint density at radius 1 is 1.46 bits per heavy atom. The number of thioether (sulfide) groups is 1. The van der Waals surface area contributed by atoms with E-state index in [9.17, 15) is 9.59 Å². The lowest BCUT2D eigenvalue weighted by molar-refractivity contribution is -0.157. The van der Waals surface area contributed by atoms with Crippen LogP contribution in [0.4, 0.5) is 5.95 Å². The number of esters is 1. The number of ether oxygens (including phenoxy) is 2. The SMILES string of the molecule is COCn1ccnc1NC1C(=O)N2C(C(=O)OC(C)(C)C)=C(C)CS[C@H]12. The van der Waals surface area contributed by atoms with E-state index in [0.717, 1.165) is 5.57 Å². The van der Waals surface area contributed by atoms with Gasteiger partial charge in [-0.1, -0.05) is 0 Å². The second-order valence-corrected chi connectivity index (χ2v) is 8.41. The molecule has 0 aliphatic carbocycles. The van der Waals surface area contributed by atoms with Crippen molar-refractivity contribution in [1.29, 1.82) is 0 Å². The summed E-state index contributed by atoms with van der Waals surface area (Å²) in [5.74, 6) is 0.631. The van der Waals surface area contributed by atoms with E-state index in [1.807, 2.05) is 27.7 Å². The number of imidazole rings is 1. The molecular formula is C17H24N4O4S. The third-order valence-corrected chi connectivity index (χ3v) is 5.44. The molecule has 0 spiro atoms. The molecule has 1 saturated heterocycles. The van der Waals surface area contributed by atoms with E-state index in [2.05, 4.69) is 10.3 Å². The first-order valence-electron chi connectivity index (χ1n) is 8.37. The summed E-state index contributed by atoms with van der Waals surface area (Å²) in [6.45, 7) is 7.64. The minimum absolute atomic E-state index is 0.158. The molecule has 0 radical (unpaired) electrons. The van der Waals surface area contributed by atoms with Crippen LogP contribution >= 0.6 is 11.8 Å². The normalized spacial score (nSPS) is 22.8. The molecule has 0 bridgehead atoms. The molecule has 1 aromatic heterocycles. The number of amides is 1. The highest BCUT2D eigenvalue weighted by atomic mass is 32.2. The summed E-state index contributed by atoms with van der Waals surface area (Å²) >= 11 is 1.62.